The lowest BCUT2D eigenvalue weighted by atomic mass is 9.55. The Bertz CT molecular complexity index is 1950. The summed E-state index contributed by atoms with van der Waals surface area (Å²) >= 11 is 6.13. The molecule has 0 spiro atoms. The van der Waals surface area contributed by atoms with E-state index in [2.05, 4.69) is 41.8 Å². The summed E-state index contributed by atoms with van der Waals surface area (Å²) in [5.41, 5.74) is 3.68. The molecular weight excluding hydrogens is 770 g/mol. The van der Waals surface area contributed by atoms with Crippen molar-refractivity contribution in [3.63, 3.8) is 0 Å². The number of fused-ring (bicyclic) bond motifs is 3. The molecule has 2 heterocycles. The van der Waals surface area contributed by atoms with Crippen molar-refractivity contribution in [3.8, 4) is 11.5 Å². The number of aliphatic hydroxyl groups excluding tert-OH is 2. The first-order valence-electron chi connectivity index (χ1n) is 21.5. The Hall–Kier alpha value is -4.13. The van der Waals surface area contributed by atoms with Gasteiger partial charge in [-0.15, -0.1) is 18.2 Å². The summed E-state index contributed by atoms with van der Waals surface area (Å²) in [7, 11) is 0. The number of carbonyl (C=O) groups is 1. The van der Waals surface area contributed by atoms with Crippen LogP contribution in [0.1, 0.15) is 68.9 Å². The minimum Gasteiger partial charge on any atom is -0.492 e. The van der Waals surface area contributed by atoms with Crippen LogP contribution in [0.2, 0.25) is 0 Å². The van der Waals surface area contributed by atoms with Crippen LogP contribution in [0, 0.1) is 17.8 Å². The van der Waals surface area contributed by atoms with Gasteiger partial charge in [-0.25, -0.2) is 4.79 Å². The predicted molar refractivity (Wildman–Crippen MR) is 230 cm³/mol. The molecule has 2 aliphatic carbocycles. The van der Waals surface area contributed by atoms with Crippen LogP contribution in [0.25, 0.3) is 10.8 Å². The van der Waals surface area contributed by atoms with Crippen LogP contribution in [0.4, 0.5) is 4.79 Å². The lowest BCUT2D eigenvalue weighted by Gasteiger charge is -2.59. The Morgan fingerprint density at radius 3 is 2.61 bits per heavy atom. The number of aliphatic hydroxyl groups is 2. The summed E-state index contributed by atoms with van der Waals surface area (Å²) in [6, 6.07) is 19.6. The summed E-state index contributed by atoms with van der Waals surface area (Å²) in [5.74, 6) is -0.215. The zero-order valence-corrected chi connectivity index (χ0v) is 35.1. The first kappa shape index (κ1) is 43.0. The molecule has 6 atom stereocenters. The Morgan fingerprint density at radius 1 is 1.05 bits per heavy atom. The number of unbranched alkanes of at least 4 members (excludes halogenated alkanes) is 2. The normalized spacial score (nSPS) is 25.1. The maximum Gasteiger partial charge on any atom is 0.410 e. The maximum atomic E-state index is 14.6. The van der Waals surface area contributed by atoms with Crippen molar-refractivity contribution in [1.82, 2.24) is 9.80 Å². The molecule has 0 unspecified atom stereocenters. The van der Waals surface area contributed by atoms with Crippen molar-refractivity contribution in [3.05, 3.63) is 96.1 Å². The fourth-order valence-corrected chi connectivity index (χ4v) is 9.67. The quantitative estimate of drug-likeness (QED) is 0.0341. The fourth-order valence-electron chi connectivity index (χ4n) is 9.59. The molecule has 0 aromatic heterocycles. The van der Waals surface area contributed by atoms with Gasteiger partial charge < -0.3 is 34.0 Å². The number of carbonyl (C=O) groups excluding carboxylic acids is 1. The van der Waals surface area contributed by atoms with Crippen molar-refractivity contribution in [2.24, 2.45) is 22.9 Å². The molecule has 0 bridgehead atoms. The molecule has 2 fully saturated rings. The van der Waals surface area contributed by atoms with Crippen LogP contribution in [-0.4, -0.2) is 109 Å². The van der Waals surface area contributed by atoms with E-state index in [0.717, 1.165) is 84.3 Å². The summed E-state index contributed by atoms with van der Waals surface area (Å²) in [6.45, 7) is 10.6. The molecule has 3 aromatic carbocycles. The van der Waals surface area contributed by atoms with E-state index in [1.54, 1.807) is 11.0 Å². The van der Waals surface area contributed by atoms with Gasteiger partial charge in [0, 0.05) is 50.8 Å². The van der Waals surface area contributed by atoms with E-state index in [1.165, 1.54) is 0 Å². The highest BCUT2D eigenvalue weighted by atomic mass is 35.5. The number of benzene rings is 3. The molecule has 4 aliphatic rings. The summed E-state index contributed by atoms with van der Waals surface area (Å²) < 4.78 is 26.8. The molecular formula is C47H60ClN3O8. The number of nitrogens with zero attached hydrogens (tertiary/aromatic N) is 3. The number of amides is 1. The van der Waals surface area contributed by atoms with Crippen molar-refractivity contribution in [1.29, 1.82) is 0 Å². The molecule has 0 radical (unpaired) electrons. The third-order valence-corrected chi connectivity index (χ3v) is 12.5. The smallest absolute Gasteiger partial charge is 0.410 e. The highest BCUT2D eigenvalue weighted by Gasteiger charge is 2.65. The Kier molecular flexibility index (Phi) is 14.9. The molecule has 59 heavy (non-hydrogen) atoms. The molecule has 3 aromatic rings. The second-order valence-corrected chi connectivity index (χ2v) is 16.3. The van der Waals surface area contributed by atoms with Gasteiger partial charge in [-0.3, -0.25) is 9.80 Å². The van der Waals surface area contributed by atoms with Crippen molar-refractivity contribution >= 4 is 34.2 Å². The van der Waals surface area contributed by atoms with Gasteiger partial charge in [-0.1, -0.05) is 72.6 Å². The van der Waals surface area contributed by atoms with Crippen LogP contribution in [0.5, 0.6) is 11.5 Å². The first-order chi connectivity index (χ1) is 29.0. The van der Waals surface area contributed by atoms with Crippen molar-refractivity contribution < 1.29 is 38.8 Å². The lowest BCUT2D eigenvalue weighted by molar-refractivity contribution is -0.256. The predicted octanol–water partition coefficient (Wildman–Crippen LogP) is 8.07. The number of hydrogen-bond donors (Lipinski definition) is 2. The SMILES string of the molecule is C=CCO[C@@]12Oc3ccc(OCCN4CC4)cc3[C@H]3[C@H](CCCCO)[C@@H](CCCCO)C=C(C(=NOCC)C[C@@H]1N(Cc1cccc4ccccc14)C(=O)OCCCl)[C@H]32. The van der Waals surface area contributed by atoms with Gasteiger partial charge in [0.05, 0.1) is 30.7 Å². The second-order valence-electron chi connectivity index (χ2n) is 16.0. The third-order valence-electron chi connectivity index (χ3n) is 12.3. The number of rotatable bonds is 22. The number of ether oxygens (including phenoxy) is 4. The topological polar surface area (TPSA) is 122 Å². The highest BCUT2D eigenvalue weighted by Crippen LogP contribution is 2.62. The lowest BCUT2D eigenvalue weighted by Crippen LogP contribution is -2.70. The average molecular weight is 830 g/mol. The zero-order valence-electron chi connectivity index (χ0n) is 34.3. The molecule has 2 aliphatic heterocycles. The molecule has 2 N–H and O–H groups in total. The van der Waals surface area contributed by atoms with E-state index >= 15 is 0 Å². The van der Waals surface area contributed by atoms with Gasteiger partial charge in [-0.2, -0.15) is 0 Å². The monoisotopic (exact) mass is 829 g/mol. The standard InChI is InChI=1S/C47H60ClN3O8/c1-3-26-57-47-43(51(46(54)56-27-20-48)32-35-15-11-14-33-12-5-6-16-37(33)35)31-41(49-58-4-2)39-29-34(13-7-9-24-52)38(17-8-10-25-53)44(45(39)47)40-30-36(18-19-42(40)59-47)55-28-23-50-21-22-50/h3,5-6,11-12,14-16,18-19,29-30,34,38,43-45,52-53H,1,4,7-10,13,17,20-28,31-32H2,2H3/t34-,38+,43-,44+,45+,47+/m0/s1. The number of halogens is 1. The first-order valence-corrected chi connectivity index (χ1v) is 22.0. The molecule has 11 nitrogen and oxygen atoms in total. The van der Waals surface area contributed by atoms with Crippen LogP contribution < -0.4 is 9.47 Å². The number of allylic oxidation sites excluding steroid dienone is 1. The van der Waals surface area contributed by atoms with Crippen molar-refractivity contribution in [2.45, 2.75) is 76.2 Å². The van der Waals surface area contributed by atoms with E-state index in [1.807, 2.05) is 43.3 Å². The number of alkyl halides is 1. The van der Waals surface area contributed by atoms with Crippen LogP contribution in [-0.2, 0) is 20.9 Å². The van der Waals surface area contributed by atoms with Crippen LogP contribution >= 0.6 is 11.6 Å². The maximum absolute atomic E-state index is 14.6. The summed E-state index contributed by atoms with van der Waals surface area (Å²) in [5, 5.41) is 26.7. The van der Waals surface area contributed by atoms with Crippen LogP contribution in [0.15, 0.2) is 90.1 Å². The highest BCUT2D eigenvalue weighted by molar-refractivity contribution is 6.18. The third kappa shape index (κ3) is 9.60. The van der Waals surface area contributed by atoms with E-state index in [0.29, 0.717) is 31.8 Å². The van der Waals surface area contributed by atoms with Gasteiger partial charge in [0.2, 0.25) is 5.79 Å². The van der Waals surface area contributed by atoms with E-state index in [4.69, 9.17) is 40.5 Å². The Labute approximate surface area is 353 Å². The minimum absolute atomic E-state index is 0.0312. The Balaban J connectivity index is 1.43. The Morgan fingerprint density at radius 2 is 1.85 bits per heavy atom. The number of oxime groups is 1. The number of hydrogen-bond acceptors (Lipinski definition) is 10. The fraction of sp³-hybridized carbons (Fsp3) is 0.532. The zero-order chi connectivity index (χ0) is 41.2. The van der Waals surface area contributed by atoms with Gasteiger partial charge in [-0.05, 0) is 84.6 Å². The van der Waals surface area contributed by atoms with E-state index in [9.17, 15) is 15.0 Å². The van der Waals surface area contributed by atoms with Gasteiger partial charge in [0.1, 0.15) is 37.4 Å². The second kappa shape index (κ2) is 20.4. The largest absolute Gasteiger partial charge is 0.492 e. The molecule has 1 saturated heterocycles. The average Bonchev–Trinajstić information content (AvgIpc) is 4.09. The summed E-state index contributed by atoms with van der Waals surface area (Å²) in [6.07, 6.45) is 8.56. The molecule has 1 saturated carbocycles. The van der Waals surface area contributed by atoms with Crippen molar-refractivity contribution in [2.75, 3.05) is 65.2 Å². The molecule has 12 heteroatoms. The van der Waals surface area contributed by atoms with Crippen LogP contribution in [0.3, 0.4) is 0 Å². The van der Waals surface area contributed by atoms with Gasteiger partial charge in [0.15, 0.2) is 0 Å². The van der Waals surface area contributed by atoms with Gasteiger partial charge in [0.25, 0.3) is 0 Å². The summed E-state index contributed by atoms with van der Waals surface area (Å²) in [4.78, 5) is 24.6. The van der Waals surface area contributed by atoms with Gasteiger partial charge >= 0.3 is 6.09 Å². The molecule has 1 amide bonds. The minimum atomic E-state index is -1.42. The molecule has 7 rings (SSSR count). The van der Waals surface area contributed by atoms with E-state index < -0.39 is 23.8 Å². The van der Waals surface area contributed by atoms with E-state index in [-0.39, 0.29) is 63.0 Å². The molecule has 318 valence electrons.